The molecule has 120 valence electrons. The molecule has 0 unspecified atom stereocenters. The molecule has 1 heterocycles. The molecule has 0 spiro atoms. The van der Waals surface area contributed by atoms with E-state index in [1.807, 2.05) is 0 Å². The van der Waals surface area contributed by atoms with Gasteiger partial charge in [-0.25, -0.2) is 0 Å². The van der Waals surface area contributed by atoms with E-state index in [0.29, 0.717) is 4.90 Å². The van der Waals surface area contributed by atoms with Crippen molar-refractivity contribution in [1.29, 1.82) is 0 Å². The van der Waals surface area contributed by atoms with Gasteiger partial charge in [0.1, 0.15) is 6.54 Å². The fourth-order valence-corrected chi connectivity index (χ4v) is 1.99. The number of amides is 2. The van der Waals surface area contributed by atoms with E-state index in [4.69, 9.17) is 5.11 Å². The first-order valence-electron chi connectivity index (χ1n) is 6.28. The van der Waals surface area contributed by atoms with Crippen LogP contribution in [0.5, 0.6) is 0 Å². The summed E-state index contributed by atoms with van der Waals surface area (Å²) in [5.74, 6) is -2.44. The van der Waals surface area contributed by atoms with Crippen LogP contribution in [0, 0.1) is 5.41 Å². The highest BCUT2D eigenvalue weighted by Crippen LogP contribution is 2.22. The van der Waals surface area contributed by atoms with Crippen LogP contribution in [-0.2, 0) is 14.4 Å². The van der Waals surface area contributed by atoms with Crippen LogP contribution in [0.25, 0.3) is 0 Å². The van der Waals surface area contributed by atoms with Crippen molar-refractivity contribution in [2.75, 3.05) is 13.1 Å². The Labute approximate surface area is 119 Å². The number of nitrogens with one attached hydrogen (secondary N) is 1. The van der Waals surface area contributed by atoms with E-state index in [9.17, 15) is 27.6 Å². The van der Waals surface area contributed by atoms with Crippen LogP contribution in [0.15, 0.2) is 0 Å². The Morgan fingerprint density at radius 2 is 1.95 bits per heavy atom. The summed E-state index contributed by atoms with van der Waals surface area (Å²) in [5, 5.41) is 11.3. The predicted molar refractivity (Wildman–Crippen MR) is 65.2 cm³/mol. The number of aliphatic carboxylic acids is 1. The van der Waals surface area contributed by atoms with Crippen molar-refractivity contribution >= 4 is 17.8 Å². The Balaban J connectivity index is 2.52. The van der Waals surface area contributed by atoms with Gasteiger partial charge in [-0.2, -0.15) is 13.2 Å². The molecule has 1 aliphatic rings. The molecule has 0 saturated carbocycles. The number of nitrogens with zero attached hydrogens (tertiary/aromatic N) is 1. The van der Waals surface area contributed by atoms with E-state index in [1.165, 1.54) is 13.8 Å². The molecule has 2 N–H and O–H groups in total. The van der Waals surface area contributed by atoms with Crippen molar-refractivity contribution in [3.05, 3.63) is 0 Å². The Morgan fingerprint density at radius 1 is 1.38 bits per heavy atom. The molecular formula is C12H17F3N2O4. The summed E-state index contributed by atoms with van der Waals surface area (Å²) in [6.45, 7) is 1.16. The highest BCUT2D eigenvalue weighted by Gasteiger charge is 2.39. The van der Waals surface area contributed by atoms with E-state index in [1.54, 1.807) is 0 Å². The van der Waals surface area contributed by atoms with Crippen molar-refractivity contribution in [3.8, 4) is 0 Å². The van der Waals surface area contributed by atoms with Crippen LogP contribution in [0.2, 0.25) is 0 Å². The maximum atomic E-state index is 12.2. The smallest absolute Gasteiger partial charge is 0.406 e. The number of carbonyl (C=O) groups excluding carboxylic acids is 2. The molecule has 21 heavy (non-hydrogen) atoms. The van der Waals surface area contributed by atoms with Crippen molar-refractivity contribution in [1.82, 2.24) is 10.2 Å². The second-order valence-corrected chi connectivity index (χ2v) is 5.72. The number of hydrogen-bond donors (Lipinski definition) is 2. The van der Waals surface area contributed by atoms with Gasteiger partial charge >= 0.3 is 12.1 Å². The Bertz CT molecular complexity index is 448. The summed E-state index contributed by atoms with van der Waals surface area (Å²) >= 11 is 0. The topological polar surface area (TPSA) is 86.7 Å². The van der Waals surface area contributed by atoms with Crippen molar-refractivity contribution in [3.63, 3.8) is 0 Å². The SMILES string of the molecule is CC(C)(CC(=O)N[C@@H]1CC(=O)N(CC(F)(F)F)C1)C(=O)O. The molecule has 1 aliphatic heterocycles. The van der Waals surface area contributed by atoms with Crippen molar-refractivity contribution in [2.24, 2.45) is 5.41 Å². The molecule has 0 bridgehead atoms. The van der Waals surface area contributed by atoms with Gasteiger partial charge < -0.3 is 15.3 Å². The van der Waals surface area contributed by atoms with Gasteiger partial charge in [0, 0.05) is 19.4 Å². The molecule has 1 atom stereocenters. The molecule has 0 aromatic rings. The Hall–Kier alpha value is -1.80. The molecule has 9 heteroatoms. The van der Waals surface area contributed by atoms with Crippen LogP contribution < -0.4 is 5.32 Å². The molecule has 1 rings (SSSR count). The number of likely N-dealkylation sites (tertiary alicyclic amines) is 1. The number of hydrogen-bond acceptors (Lipinski definition) is 3. The van der Waals surface area contributed by atoms with Crippen molar-refractivity contribution in [2.45, 2.75) is 38.9 Å². The second-order valence-electron chi connectivity index (χ2n) is 5.72. The maximum Gasteiger partial charge on any atom is 0.406 e. The third kappa shape index (κ3) is 5.24. The van der Waals surface area contributed by atoms with Gasteiger partial charge in [-0.3, -0.25) is 14.4 Å². The van der Waals surface area contributed by atoms with Gasteiger partial charge in [-0.15, -0.1) is 0 Å². The van der Waals surface area contributed by atoms with E-state index in [0.717, 1.165) is 0 Å². The highest BCUT2D eigenvalue weighted by atomic mass is 19.4. The number of carboxylic acids is 1. The molecule has 0 aliphatic carbocycles. The highest BCUT2D eigenvalue weighted by molar-refractivity contribution is 5.86. The largest absolute Gasteiger partial charge is 0.481 e. The fraction of sp³-hybridized carbons (Fsp3) is 0.750. The molecule has 0 aromatic carbocycles. The van der Waals surface area contributed by atoms with Gasteiger partial charge in [0.25, 0.3) is 0 Å². The van der Waals surface area contributed by atoms with Crippen LogP contribution >= 0.6 is 0 Å². The summed E-state index contributed by atoms with van der Waals surface area (Å²) < 4.78 is 36.7. The van der Waals surface area contributed by atoms with Gasteiger partial charge in [0.05, 0.1) is 11.5 Å². The quantitative estimate of drug-likeness (QED) is 0.785. The second kappa shape index (κ2) is 5.90. The van der Waals surface area contributed by atoms with E-state index in [2.05, 4.69) is 5.32 Å². The normalized spacial score (nSPS) is 19.8. The molecule has 2 amide bonds. The first-order valence-corrected chi connectivity index (χ1v) is 6.28. The lowest BCUT2D eigenvalue weighted by Gasteiger charge is -2.21. The molecule has 0 radical (unpaired) electrons. The number of alkyl halides is 3. The average Bonchev–Trinajstić information content (AvgIpc) is 2.54. The molecule has 1 fully saturated rings. The summed E-state index contributed by atoms with van der Waals surface area (Å²) in [7, 11) is 0. The zero-order valence-corrected chi connectivity index (χ0v) is 11.7. The number of rotatable bonds is 5. The summed E-state index contributed by atoms with van der Waals surface area (Å²) in [5.41, 5.74) is -1.28. The summed E-state index contributed by atoms with van der Waals surface area (Å²) in [6.07, 6.45) is -5.01. The first-order chi connectivity index (χ1) is 9.40. The zero-order chi connectivity index (χ0) is 16.4. The van der Waals surface area contributed by atoms with Gasteiger partial charge in [-0.1, -0.05) is 0 Å². The Kier molecular flexibility index (Phi) is 4.85. The number of halogens is 3. The van der Waals surface area contributed by atoms with Crippen LogP contribution in [0.4, 0.5) is 13.2 Å². The van der Waals surface area contributed by atoms with Gasteiger partial charge in [0.2, 0.25) is 11.8 Å². The first kappa shape index (κ1) is 17.3. The monoisotopic (exact) mass is 310 g/mol. The van der Waals surface area contributed by atoms with Crippen LogP contribution in [0.1, 0.15) is 26.7 Å². The molecule has 6 nitrogen and oxygen atoms in total. The fourth-order valence-electron chi connectivity index (χ4n) is 1.99. The van der Waals surface area contributed by atoms with E-state index < -0.39 is 42.0 Å². The zero-order valence-electron chi connectivity index (χ0n) is 11.7. The third-order valence-electron chi connectivity index (χ3n) is 3.13. The van der Waals surface area contributed by atoms with E-state index in [-0.39, 0.29) is 19.4 Å². The minimum atomic E-state index is -4.49. The lowest BCUT2D eigenvalue weighted by molar-refractivity contribution is -0.157. The van der Waals surface area contributed by atoms with Gasteiger partial charge in [-0.05, 0) is 13.8 Å². The Morgan fingerprint density at radius 3 is 2.43 bits per heavy atom. The standard InChI is InChI=1S/C12H17F3N2O4/c1-11(2,10(20)21)4-8(18)16-7-3-9(19)17(5-7)6-12(13,14)15/h7H,3-6H2,1-2H3,(H,16,18)(H,20,21)/t7-/m1/s1. The minimum Gasteiger partial charge on any atom is -0.481 e. The lowest BCUT2D eigenvalue weighted by Crippen LogP contribution is -2.41. The predicted octanol–water partition coefficient (Wildman–Crippen LogP) is 0.767. The average molecular weight is 310 g/mol. The third-order valence-corrected chi connectivity index (χ3v) is 3.13. The lowest BCUT2D eigenvalue weighted by atomic mass is 9.89. The summed E-state index contributed by atoms with van der Waals surface area (Å²) in [4.78, 5) is 34.6. The minimum absolute atomic E-state index is 0.213. The van der Waals surface area contributed by atoms with Crippen molar-refractivity contribution < 1.29 is 32.7 Å². The molecular weight excluding hydrogens is 293 g/mol. The van der Waals surface area contributed by atoms with Crippen LogP contribution in [0.3, 0.4) is 0 Å². The maximum absolute atomic E-state index is 12.2. The van der Waals surface area contributed by atoms with Crippen LogP contribution in [-0.4, -0.2) is 53.1 Å². The molecule has 1 saturated heterocycles. The number of carboxylic acid groups (broad SMARTS) is 1. The number of carbonyl (C=O) groups is 3. The molecule has 0 aromatic heterocycles. The van der Waals surface area contributed by atoms with E-state index >= 15 is 0 Å². The van der Waals surface area contributed by atoms with Gasteiger partial charge in [0.15, 0.2) is 0 Å². The summed E-state index contributed by atoms with van der Waals surface area (Å²) in [6, 6.07) is -0.725.